The average Bonchev–Trinajstić information content (AvgIpc) is 3.79. The molecule has 0 aliphatic heterocycles. The molecule has 1 heterocycles. The van der Waals surface area contributed by atoms with Crippen LogP contribution < -0.4 is 14.2 Å². The van der Waals surface area contributed by atoms with Crippen molar-refractivity contribution in [2.75, 3.05) is 6.61 Å². The first kappa shape index (κ1) is 40.7. The van der Waals surface area contributed by atoms with Crippen molar-refractivity contribution < 1.29 is 19.0 Å². The van der Waals surface area contributed by atoms with Crippen molar-refractivity contribution in [1.82, 2.24) is 4.98 Å². The van der Waals surface area contributed by atoms with Gasteiger partial charge in [0.05, 0.1) is 16.7 Å². The molecule has 7 aromatic rings. The molecule has 0 saturated carbocycles. The van der Waals surface area contributed by atoms with Crippen LogP contribution in [0.2, 0.25) is 0 Å². The van der Waals surface area contributed by atoms with Crippen LogP contribution in [-0.4, -0.2) is 17.9 Å². The van der Waals surface area contributed by atoms with Gasteiger partial charge in [-0.05, 0) is 171 Å². The third kappa shape index (κ3) is 7.43. The third-order valence-corrected chi connectivity index (χ3v) is 11.1. The highest BCUT2D eigenvalue weighted by Gasteiger charge is 2.52. The van der Waals surface area contributed by atoms with Gasteiger partial charge in [0.1, 0.15) is 24.6 Å². The fourth-order valence-electron chi connectivity index (χ4n) is 8.67. The van der Waals surface area contributed by atoms with E-state index in [1.54, 1.807) is 13.8 Å². The van der Waals surface area contributed by atoms with E-state index in [1.165, 1.54) is 0 Å². The molecular formula is C60H31NO4. The summed E-state index contributed by atoms with van der Waals surface area (Å²) in [6, 6.07) is 41.8. The van der Waals surface area contributed by atoms with Crippen LogP contribution in [0.3, 0.4) is 0 Å². The maximum Gasteiger partial charge on any atom is 0.193 e. The smallest absolute Gasteiger partial charge is 0.193 e. The molecule has 5 heteroatoms. The summed E-state index contributed by atoms with van der Waals surface area (Å²) in [4.78, 5) is 15.9. The Labute approximate surface area is 378 Å². The van der Waals surface area contributed by atoms with E-state index in [0.29, 0.717) is 29.1 Å². The second-order valence-corrected chi connectivity index (χ2v) is 14.5. The molecule has 300 valence electrons. The van der Waals surface area contributed by atoms with Crippen LogP contribution in [0.5, 0.6) is 17.2 Å². The van der Waals surface area contributed by atoms with Gasteiger partial charge in [0.15, 0.2) is 17.8 Å². The number of nitrogens with zero attached hydrogens (tertiary/aromatic N) is 1. The Morgan fingerprint density at radius 2 is 1.29 bits per heavy atom. The van der Waals surface area contributed by atoms with Crippen molar-refractivity contribution in [2.45, 2.75) is 19.3 Å². The van der Waals surface area contributed by atoms with Crippen LogP contribution in [0.1, 0.15) is 41.7 Å². The van der Waals surface area contributed by atoms with Crippen molar-refractivity contribution in [1.29, 1.82) is 0 Å². The van der Waals surface area contributed by atoms with E-state index >= 15 is 0 Å². The van der Waals surface area contributed by atoms with Crippen LogP contribution in [-0.2, 0) is 10.2 Å². The first-order valence-corrected chi connectivity index (χ1v) is 20.4. The topological polar surface area (TPSA) is 57.7 Å². The van der Waals surface area contributed by atoms with Gasteiger partial charge in [-0.2, -0.15) is 0 Å². The quantitative estimate of drug-likeness (QED) is 0.123. The molecule has 2 aliphatic carbocycles. The van der Waals surface area contributed by atoms with Gasteiger partial charge in [0.25, 0.3) is 0 Å². The van der Waals surface area contributed by atoms with E-state index < -0.39 is 5.41 Å². The van der Waals surface area contributed by atoms with Gasteiger partial charge in [-0.3, -0.25) is 9.78 Å². The summed E-state index contributed by atoms with van der Waals surface area (Å²) in [6.07, 6.45) is 13.2. The Hall–Kier alpha value is -9.72. The number of benzene rings is 6. The van der Waals surface area contributed by atoms with E-state index in [4.69, 9.17) is 25.6 Å². The minimum atomic E-state index is -0.900. The number of aldehydes is 1. The van der Waals surface area contributed by atoms with Crippen LogP contribution in [0, 0.1) is 95.6 Å². The van der Waals surface area contributed by atoms with E-state index in [2.05, 4.69) is 168 Å². The lowest BCUT2D eigenvalue weighted by Gasteiger charge is -2.31. The van der Waals surface area contributed by atoms with Gasteiger partial charge < -0.3 is 14.2 Å². The Morgan fingerprint density at radius 1 is 0.600 bits per heavy atom. The molecule has 0 amide bonds. The molecule has 0 bridgehead atoms. The molecular weight excluding hydrogens is 799 g/mol. The number of pyridine rings is 1. The maximum absolute atomic E-state index is 11.1. The summed E-state index contributed by atoms with van der Waals surface area (Å²) in [5, 5.41) is 2.22. The first-order valence-electron chi connectivity index (χ1n) is 20.4. The zero-order valence-corrected chi connectivity index (χ0v) is 35.1. The van der Waals surface area contributed by atoms with Crippen LogP contribution in [0.4, 0.5) is 0 Å². The number of hydrogen-bond acceptors (Lipinski definition) is 5. The Balaban J connectivity index is 1.31. The monoisotopic (exact) mass is 829 g/mol. The molecule has 0 fully saturated rings. The minimum absolute atomic E-state index is 0.0101. The van der Waals surface area contributed by atoms with Gasteiger partial charge in [0.2, 0.25) is 0 Å². The molecule has 1 aromatic heterocycles. The number of ether oxygens (including phenoxy) is 3. The normalized spacial score (nSPS) is 12.4. The molecule has 5 nitrogen and oxygen atoms in total. The molecule has 0 radical (unpaired) electrons. The number of fused-ring (bicyclic) bond motifs is 11. The largest absolute Gasteiger partial charge is 0.480 e. The molecule has 1 spiro atoms. The fourth-order valence-corrected chi connectivity index (χ4v) is 8.67. The molecule has 65 heavy (non-hydrogen) atoms. The highest BCUT2D eigenvalue weighted by molar-refractivity contribution is 5.98. The highest BCUT2D eigenvalue weighted by atomic mass is 16.5. The molecule has 0 N–H and O–H groups in total. The Morgan fingerprint density at radius 3 is 2.09 bits per heavy atom. The second-order valence-electron chi connectivity index (χ2n) is 14.5. The van der Waals surface area contributed by atoms with Crippen molar-refractivity contribution in [3.63, 3.8) is 0 Å². The Bertz CT molecular complexity index is 3670. The van der Waals surface area contributed by atoms with Crippen molar-refractivity contribution >= 4 is 17.1 Å². The summed E-state index contributed by atoms with van der Waals surface area (Å²) in [7, 11) is 0. The van der Waals surface area contributed by atoms with Crippen molar-refractivity contribution in [3.8, 4) is 157 Å². The van der Waals surface area contributed by atoms with E-state index in [-0.39, 0.29) is 6.61 Å². The maximum atomic E-state index is 11.1. The predicted molar refractivity (Wildman–Crippen MR) is 255 cm³/mol. The number of terminal acetylenes is 1. The number of rotatable bonds is 6. The van der Waals surface area contributed by atoms with Crippen molar-refractivity contribution in [2.24, 2.45) is 0 Å². The molecule has 0 saturated heterocycles. The van der Waals surface area contributed by atoms with E-state index in [1.807, 2.05) is 48.7 Å². The summed E-state index contributed by atoms with van der Waals surface area (Å²) >= 11 is 0. The second kappa shape index (κ2) is 18.1. The SMILES string of the molecule is C#CC#CCOc1cc2c(cc1C#CC#CC=O)-c1cc(OC#CC#CC)c(OC#CC#CC)cc1C21c2ccccc2-c2cc(-c3cccc(-c4nccc5ccccc45)c3)ccc21. The lowest BCUT2D eigenvalue weighted by atomic mass is 9.70. The number of carbonyl (C=O) groups is 1. The molecule has 6 aromatic carbocycles. The number of hydrogen-bond donors (Lipinski definition) is 0. The summed E-state index contributed by atoms with van der Waals surface area (Å²) < 4.78 is 18.5. The summed E-state index contributed by atoms with van der Waals surface area (Å²) in [6.45, 7) is 3.41. The van der Waals surface area contributed by atoms with Gasteiger partial charge in [-0.15, -0.1) is 6.42 Å². The van der Waals surface area contributed by atoms with Crippen LogP contribution in [0.25, 0.3) is 55.4 Å². The van der Waals surface area contributed by atoms with Crippen LogP contribution >= 0.6 is 0 Å². The zero-order valence-electron chi connectivity index (χ0n) is 35.1. The van der Waals surface area contributed by atoms with E-state index in [9.17, 15) is 4.79 Å². The molecule has 9 rings (SSSR count). The summed E-state index contributed by atoms with van der Waals surface area (Å²) in [5.74, 6) is 36.3. The number of aromatic nitrogens is 1. The lowest BCUT2D eigenvalue weighted by molar-refractivity contribution is -0.103. The first-order chi connectivity index (χ1) is 32.1. The number of carbonyl (C=O) groups excluding carboxylic acids is 1. The van der Waals surface area contributed by atoms with Crippen molar-refractivity contribution in [3.05, 3.63) is 155 Å². The molecule has 1 unspecified atom stereocenters. The van der Waals surface area contributed by atoms with Gasteiger partial charge in [0, 0.05) is 29.0 Å². The standard InChI is InChI=1S/C60H31NO4/c1-4-7-17-33-63-56-40-54-50(38-45(56)22-11-10-16-32-62)51-39-57(64-34-18-8-5-2)58(65-35-19-9-6-3)41-55(51)60(54)52-27-15-14-26-48(52)49-37-44(28-29-53(49)60)43-23-20-24-46(36-43)59-47-25-13-12-21-42(47)30-31-61-59/h1,12-15,20-21,23-32,36-41H,33H2,2-3H3. The van der Waals surface area contributed by atoms with E-state index in [0.717, 1.165) is 77.7 Å². The fraction of sp³-hybridized carbons (Fsp3) is 0.0667. The molecule has 2 aliphatic rings. The highest BCUT2D eigenvalue weighted by Crippen LogP contribution is 2.65. The van der Waals surface area contributed by atoms with Gasteiger partial charge >= 0.3 is 0 Å². The Kier molecular flexibility index (Phi) is 11.3. The average molecular weight is 830 g/mol. The van der Waals surface area contributed by atoms with Gasteiger partial charge in [-0.1, -0.05) is 90.7 Å². The third-order valence-electron chi connectivity index (χ3n) is 11.1. The molecule has 1 atom stereocenters. The van der Waals surface area contributed by atoms with Crippen LogP contribution in [0.15, 0.2) is 128 Å². The predicted octanol–water partition coefficient (Wildman–Crippen LogP) is 10.2. The zero-order chi connectivity index (χ0) is 44.6. The van der Waals surface area contributed by atoms with Gasteiger partial charge in [-0.25, -0.2) is 0 Å². The minimum Gasteiger partial charge on any atom is -0.480 e. The lowest BCUT2D eigenvalue weighted by Crippen LogP contribution is -2.26. The summed E-state index contributed by atoms with van der Waals surface area (Å²) in [5.41, 5.74) is 11.4.